The molecule has 0 saturated carbocycles. The number of halogens is 1. The maximum atomic E-state index is 12.9. The van der Waals surface area contributed by atoms with Gasteiger partial charge in [0.1, 0.15) is 5.82 Å². The first kappa shape index (κ1) is 17.0. The van der Waals surface area contributed by atoms with Crippen LogP contribution in [0.3, 0.4) is 0 Å². The van der Waals surface area contributed by atoms with E-state index in [1.54, 1.807) is 13.8 Å². The molecular weight excluding hydrogens is 305 g/mol. The second-order valence-corrected chi connectivity index (χ2v) is 5.95. The minimum Gasteiger partial charge on any atom is -0.470 e. The van der Waals surface area contributed by atoms with Crippen LogP contribution >= 0.6 is 0 Å². The third-order valence-corrected chi connectivity index (χ3v) is 3.18. The molecule has 0 saturated heterocycles. The van der Waals surface area contributed by atoms with Crippen molar-refractivity contribution in [1.29, 1.82) is 0 Å². The number of esters is 1. The highest BCUT2D eigenvalue weighted by Crippen LogP contribution is 2.22. The molecule has 0 amide bonds. The number of carbonyl (C=O) groups excluding carboxylic acids is 2. The highest BCUT2D eigenvalue weighted by atomic mass is 19.1. The molecule has 1 aromatic carbocycles. The van der Waals surface area contributed by atoms with E-state index in [0.29, 0.717) is 5.69 Å². The maximum Gasteiger partial charge on any atom is 0.347 e. The van der Waals surface area contributed by atoms with Crippen LogP contribution in [-0.4, -0.2) is 36.7 Å². The lowest BCUT2D eigenvalue weighted by Gasteiger charge is -2.20. The standard InChI is InChI=1S/C16H18FNO5/c1-16(2,8-19)9-23-15(21)13-12(20)7-22-14(13)18-11-5-3-10(17)4-6-11/h3-6,18-19H,7-9H2,1-2H3. The Bertz CT molecular complexity index is 636. The van der Waals surface area contributed by atoms with Gasteiger partial charge in [-0.15, -0.1) is 0 Å². The number of aliphatic hydroxyl groups is 1. The van der Waals surface area contributed by atoms with Crippen LogP contribution < -0.4 is 5.32 Å². The topological polar surface area (TPSA) is 84.9 Å². The zero-order valence-corrected chi connectivity index (χ0v) is 12.9. The van der Waals surface area contributed by atoms with Gasteiger partial charge in [-0.3, -0.25) is 4.79 Å². The predicted molar refractivity (Wildman–Crippen MR) is 79.8 cm³/mol. The van der Waals surface area contributed by atoms with Crippen molar-refractivity contribution < 1.29 is 28.6 Å². The number of hydrogen-bond donors (Lipinski definition) is 2. The second kappa shape index (κ2) is 6.78. The third kappa shape index (κ3) is 4.29. The molecule has 23 heavy (non-hydrogen) atoms. The number of Topliss-reactive ketones (excluding diaryl/α,β-unsaturated/α-hetero) is 1. The zero-order valence-electron chi connectivity index (χ0n) is 12.9. The molecule has 7 heteroatoms. The van der Waals surface area contributed by atoms with Gasteiger partial charge in [0.05, 0.1) is 13.2 Å². The lowest BCUT2D eigenvalue weighted by Crippen LogP contribution is -2.27. The number of anilines is 1. The number of nitrogens with one attached hydrogen (secondary N) is 1. The summed E-state index contributed by atoms with van der Waals surface area (Å²) in [5.74, 6) is -1.74. The van der Waals surface area contributed by atoms with Crippen LogP contribution in [0.4, 0.5) is 10.1 Å². The van der Waals surface area contributed by atoms with Gasteiger partial charge < -0.3 is 19.9 Å². The Balaban J connectivity index is 2.13. The lowest BCUT2D eigenvalue weighted by atomic mass is 9.96. The molecular formula is C16H18FNO5. The quantitative estimate of drug-likeness (QED) is 0.611. The minimum atomic E-state index is -0.821. The first-order valence-corrected chi connectivity index (χ1v) is 7.03. The molecule has 2 rings (SSSR count). The minimum absolute atomic E-state index is 0.0200. The maximum absolute atomic E-state index is 12.9. The van der Waals surface area contributed by atoms with Crippen molar-refractivity contribution in [1.82, 2.24) is 0 Å². The van der Waals surface area contributed by atoms with E-state index in [-0.39, 0.29) is 31.3 Å². The number of hydrogen-bond acceptors (Lipinski definition) is 6. The van der Waals surface area contributed by atoms with E-state index in [1.807, 2.05) is 0 Å². The fourth-order valence-electron chi connectivity index (χ4n) is 1.76. The largest absolute Gasteiger partial charge is 0.470 e. The molecule has 0 unspecified atom stereocenters. The van der Waals surface area contributed by atoms with Crippen molar-refractivity contribution in [2.75, 3.05) is 25.1 Å². The van der Waals surface area contributed by atoms with Crippen molar-refractivity contribution in [2.45, 2.75) is 13.8 Å². The van der Waals surface area contributed by atoms with Crippen LogP contribution in [0, 0.1) is 11.2 Å². The molecule has 0 fully saturated rings. The number of aliphatic hydroxyl groups excluding tert-OH is 1. The fraction of sp³-hybridized carbons (Fsp3) is 0.375. The summed E-state index contributed by atoms with van der Waals surface area (Å²) in [5.41, 5.74) is -0.358. The molecule has 0 aromatic heterocycles. The lowest BCUT2D eigenvalue weighted by molar-refractivity contribution is -0.143. The normalized spacial score (nSPS) is 14.7. The van der Waals surface area contributed by atoms with Crippen molar-refractivity contribution in [3.8, 4) is 0 Å². The third-order valence-electron chi connectivity index (χ3n) is 3.18. The molecule has 1 aliphatic heterocycles. The fourth-order valence-corrected chi connectivity index (χ4v) is 1.76. The number of carbonyl (C=O) groups is 2. The van der Waals surface area contributed by atoms with E-state index in [9.17, 15) is 14.0 Å². The number of ketones is 1. The van der Waals surface area contributed by atoms with Crippen molar-refractivity contribution in [2.24, 2.45) is 5.41 Å². The summed E-state index contributed by atoms with van der Waals surface area (Å²) in [7, 11) is 0. The van der Waals surface area contributed by atoms with Crippen molar-refractivity contribution in [3.63, 3.8) is 0 Å². The summed E-state index contributed by atoms with van der Waals surface area (Å²) in [6, 6.07) is 5.38. The van der Waals surface area contributed by atoms with Crippen LogP contribution in [0.25, 0.3) is 0 Å². The van der Waals surface area contributed by atoms with E-state index < -0.39 is 23.0 Å². The Morgan fingerprint density at radius 2 is 2.04 bits per heavy atom. The smallest absolute Gasteiger partial charge is 0.347 e. The average Bonchev–Trinajstić information content (AvgIpc) is 2.88. The molecule has 0 spiro atoms. The van der Waals surface area contributed by atoms with Gasteiger partial charge in [0.25, 0.3) is 0 Å². The van der Waals surface area contributed by atoms with E-state index >= 15 is 0 Å². The molecule has 0 radical (unpaired) electrons. The van der Waals surface area contributed by atoms with Crippen molar-refractivity contribution in [3.05, 3.63) is 41.5 Å². The van der Waals surface area contributed by atoms with Gasteiger partial charge in [-0.1, -0.05) is 13.8 Å². The Labute approximate surface area is 132 Å². The molecule has 6 nitrogen and oxygen atoms in total. The van der Waals surface area contributed by atoms with Crippen molar-refractivity contribution >= 4 is 17.4 Å². The second-order valence-electron chi connectivity index (χ2n) is 5.95. The van der Waals surface area contributed by atoms with Gasteiger partial charge in [0.2, 0.25) is 11.7 Å². The summed E-state index contributed by atoms with van der Waals surface area (Å²) in [4.78, 5) is 23.9. The predicted octanol–water partition coefficient (Wildman–Crippen LogP) is 1.61. The molecule has 124 valence electrons. The highest BCUT2D eigenvalue weighted by molar-refractivity contribution is 6.19. The molecule has 0 aliphatic carbocycles. The molecule has 2 N–H and O–H groups in total. The molecule has 1 aliphatic rings. The summed E-state index contributed by atoms with van der Waals surface area (Å²) < 4.78 is 23.1. The van der Waals surface area contributed by atoms with Gasteiger partial charge in [-0.05, 0) is 24.3 Å². The first-order valence-electron chi connectivity index (χ1n) is 7.03. The summed E-state index contributed by atoms with van der Waals surface area (Å²) in [5, 5.41) is 11.9. The van der Waals surface area contributed by atoms with Gasteiger partial charge in [-0.25, -0.2) is 9.18 Å². The SMILES string of the molecule is CC(C)(CO)COC(=O)C1=C(Nc2ccc(F)cc2)OCC1=O. The van der Waals surface area contributed by atoms with Crippen LogP contribution in [-0.2, 0) is 19.1 Å². The van der Waals surface area contributed by atoms with E-state index in [1.165, 1.54) is 24.3 Å². The Morgan fingerprint density at radius 3 is 2.65 bits per heavy atom. The molecule has 1 heterocycles. The van der Waals surface area contributed by atoms with E-state index in [4.69, 9.17) is 14.6 Å². The number of benzene rings is 1. The summed E-state index contributed by atoms with van der Waals surface area (Å²) in [6.45, 7) is 2.98. The van der Waals surface area contributed by atoms with Gasteiger partial charge >= 0.3 is 5.97 Å². The van der Waals surface area contributed by atoms with E-state index in [2.05, 4.69) is 5.32 Å². The van der Waals surface area contributed by atoms with E-state index in [0.717, 1.165) is 0 Å². The Kier molecular flexibility index (Phi) is 5.00. The summed E-state index contributed by atoms with van der Waals surface area (Å²) >= 11 is 0. The van der Waals surface area contributed by atoms with Gasteiger partial charge in [0, 0.05) is 11.1 Å². The molecule has 0 atom stereocenters. The van der Waals surface area contributed by atoms with Crippen LogP contribution in [0.5, 0.6) is 0 Å². The van der Waals surface area contributed by atoms with Gasteiger partial charge in [-0.2, -0.15) is 0 Å². The Morgan fingerprint density at radius 1 is 1.39 bits per heavy atom. The molecule has 1 aromatic rings. The number of rotatable bonds is 6. The van der Waals surface area contributed by atoms with Crippen LogP contribution in [0.2, 0.25) is 0 Å². The Hall–Kier alpha value is -2.41. The average molecular weight is 323 g/mol. The van der Waals surface area contributed by atoms with Gasteiger partial charge in [0.15, 0.2) is 12.2 Å². The monoisotopic (exact) mass is 323 g/mol. The first-order chi connectivity index (χ1) is 10.8. The van der Waals surface area contributed by atoms with Crippen LogP contribution in [0.1, 0.15) is 13.8 Å². The molecule has 0 bridgehead atoms. The summed E-state index contributed by atoms with van der Waals surface area (Å²) in [6.07, 6.45) is 0. The number of ether oxygens (including phenoxy) is 2. The highest BCUT2D eigenvalue weighted by Gasteiger charge is 2.33. The zero-order chi connectivity index (χ0) is 17.0. The van der Waals surface area contributed by atoms with Crippen LogP contribution in [0.15, 0.2) is 35.7 Å².